The van der Waals surface area contributed by atoms with Crippen LogP contribution in [0.1, 0.15) is 13.8 Å². The number of hydrogen-bond donors (Lipinski definition) is 0. The highest BCUT2D eigenvalue weighted by Gasteiger charge is 2.10. The Morgan fingerprint density at radius 3 is 2.74 bits per heavy atom. The third-order valence-corrected chi connectivity index (χ3v) is 2.61. The van der Waals surface area contributed by atoms with Crippen molar-refractivity contribution in [2.45, 2.75) is 20.0 Å². The van der Waals surface area contributed by atoms with Crippen LogP contribution in [0.3, 0.4) is 0 Å². The predicted molar refractivity (Wildman–Crippen MR) is 74.2 cm³/mol. The van der Waals surface area contributed by atoms with E-state index in [1.807, 2.05) is 13.8 Å². The minimum atomic E-state index is -0.383. The minimum Gasteiger partial charge on any atom is -0.485 e. The molecule has 2 aromatic rings. The standard InChI is InChI=1S/C14H13BrFNO2/c1-9(2)18-13-4-3-5-17-14(13)19-12-7-10(15)6-11(16)8-12/h3-9H,1-2H3. The van der Waals surface area contributed by atoms with Crippen molar-refractivity contribution in [1.82, 2.24) is 4.98 Å². The average molecular weight is 326 g/mol. The molecule has 100 valence electrons. The fraction of sp³-hybridized carbons (Fsp3) is 0.214. The first-order valence-corrected chi connectivity index (χ1v) is 6.59. The van der Waals surface area contributed by atoms with Crippen molar-refractivity contribution in [3.8, 4) is 17.4 Å². The minimum absolute atomic E-state index is 0.00537. The van der Waals surface area contributed by atoms with Crippen LogP contribution in [-0.2, 0) is 0 Å². The highest BCUT2D eigenvalue weighted by Crippen LogP contribution is 2.31. The van der Waals surface area contributed by atoms with Gasteiger partial charge in [-0.3, -0.25) is 0 Å². The molecule has 0 saturated carbocycles. The van der Waals surface area contributed by atoms with Crippen LogP contribution in [-0.4, -0.2) is 11.1 Å². The van der Waals surface area contributed by atoms with Crippen molar-refractivity contribution in [1.29, 1.82) is 0 Å². The summed E-state index contributed by atoms with van der Waals surface area (Å²) in [6.07, 6.45) is 1.60. The Morgan fingerprint density at radius 1 is 1.26 bits per heavy atom. The van der Waals surface area contributed by atoms with E-state index in [1.165, 1.54) is 12.1 Å². The topological polar surface area (TPSA) is 31.4 Å². The maximum Gasteiger partial charge on any atom is 0.262 e. The summed E-state index contributed by atoms with van der Waals surface area (Å²) in [6.45, 7) is 3.82. The molecule has 1 aromatic carbocycles. The Labute approximate surface area is 119 Å². The lowest BCUT2D eigenvalue weighted by atomic mass is 10.3. The molecule has 0 saturated heterocycles. The fourth-order valence-corrected chi connectivity index (χ4v) is 1.94. The zero-order chi connectivity index (χ0) is 13.8. The molecule has 0 aliphatic rings. The number of halogens is 2. The highest BCUT2D eigenvalue weighted by molar-refractivity contribution is 9.10. The molecule has 0 bridgehead atoms. The van der Waals surface area contributed by atoms with Gasteiger partial charge in [0.2, 0.25) is 0 Å². The summed E-state index contributed by atoms with van der Waals surface area (Å²) in [4.78, 5) is 4.10. The normalized spacial score (nSPS) is 10.6. The lowest BCUT2D eigenvalue weighted by Crippen LogP contribution is -2.07. The Bertz CT molecular complexity index is 555. The van der Waals surface area contributed by atoms with E-state index in [0.717, 1.165) is 0 Å². The smallest absolute Gasteiger partial charge is 0.262 e. The molecule has 0 atom stereocenters. The van der Waals surface area contributed by atoms with Gasteiger partial charge in [0.25, 0.3) is 5.88 Å². The van der Waals surface area contributed by atoms with Crippen LogP contribution in [0.2, 0.25) is 0 Å². The van der Waals surface area contributed by atoms with Gasteiger partial charge < -0.3 is 9.47 Å². The lowest BCUT2D eigenvalue weighted by molar-refractivity contribution is 0.231. The predicted octanol–water partition coefficient (Wildman–Crippen LogP) is 4.56. The average Bonchev–Trinajstić information content (AvgIpc) is 2.29. The summed E-state index contributed by atoms with van der Waals surface area (Å²) < 4.78 is 25.0. The molecule has 5 heteroatoms. The third-order valence-electron chi connectivity index (χ3n) is 2.15. The van der Waals surface area contributed by atoms with Crippen LogP contribution in [0.25, 0.3) is 0 Å². The van der Waals surface area contributed by atoms with E-state index in [4.69, 9.17) is 9.47 Å². The summed E-state index contributed by atoms with van der Waals surface area (Å²) in [7, 11) is 0. The molecular formula is C14H13BrFNO2. The summed E-state index contributed by atoms with van der Waals surface area (Å²) in [6, 6.07) is 7.83. The van der Waals surface area contributed by atoms with Gasteiger partial charge in [-0.1, -0.05) is 15.9 Å². The van der Waals surface area contributed by atoms with Gasteiger partial charge in [0.1, 0.15) is 11.6 Å². The molecule has 0 unspecified atom stereocenters. The summed E-state index contributed by atoms with van der Waals surface area (Å²) >= 11 is 3.21. The summed E-state index contributed by atoms with van der Waals surface area (Å²) in [5.41, 5.74) is 0. The van der Waals surface area contributed by atoms with Crippen LogP contribution in [0, 0.1) is 5.82 Å². The van der Waals surface area contributed by atoms with E-state index >= 15 is 0 Å². The maximum absolute atomic E-state index is 13.3. The van der Waals surface area contributed by atoms with Crippen molar-refractivity contribution in [2.75, 3.05) is 0 Å². The molecule has 0 aliphatic heterocycles. The molecule has 19 heavy (non-hydrogen) atoms. The SMILES string of the molecule is CC(C)Oc1cccnc1Oc1cc(F)cc(Br)c1. The lowest BCUT2D eigenvalue weighted by Gasteiger charge is -2.13. The molecule has 1 heterocycles. The number of rotatable bonds is 4. The van der Waals surface area contributed by atoms with Crippen molar-refractivity contribution in [3.63, 3.8) is 0 Å². The van der Waals surface area contributed by atoms with E-state index in [-0.39, 0.29) is 11.9 Å². The molecule has 0 spiro atoms. The Kier molecular flexibility index (Phi) is 4.37. The first-order chi connectivity index (χ1) is 9.04. The van der Waals surface area contributed by atoms with Crippen LogP contribution >= 0.6 is 15.9 Å². The first kappa shape index (κ1) is 13.8. The second kappa shape index (κ2) is 6.02. The largest absolute Gasteiger partial charge is 0.485 e. The van der Waals surface area contributed by atoms with Gasteiger partial charge in [-0.15, -0.1) is 0 Å². The van der Waals surface area contributed by atoms with Gasteiger partial charge in [-0.2, -0.15) is 0 Å². The first-order valence-electron chi connectivity index (χ1n) is 5.80. The van der Waals surface area contributed by atoms with E-state index < -0.39 is 0 Å². The van der Waals surface area contributed by atoms with Crippen LogP contribution in [0.5, 0.6) is 17.4 Å². The monoisotopic (exact) mass is 325 g/mol. The molecular weight excluding hydrogens is 313 g/mol. The molecule has 3 nitrogen and oxygen atoms in total. The number of hydrogen-bond acceptors (Lipinski definition) is 3. The number of ether oxygens (including phenoxy) is 2. The van der Waals surface area contributed by atoms with E-state index in [1.54, 1.807) is 24.4 Å². The fourth-order valence-electron chi connectivity index (χ4n) is 1.50. The van der Waals surface area contributed by atoms with Crippen molar-refractivity contribution in [3.05, 3.63) is 46.8 Å². The van der Waals surface area contributed by atoms with Gasteiger partial charge in [0.05, 0.1) is 6.10 Å². The van der Waals surface area contributed by atoms with E-state index in [9.17, 15) is 4.39 Å². The molecule has 0 amide bonds. The molecule has 0 aliphatic carbocycles. The van der Waals surface area contributed by atoms with Gasteiger partial charge >= 0.3 is 0 Å². The second-order valence-corrected chi connectivity index (χ2v) is 5.10. The summed E-state index contributed by atoms with van der Waals surface area (Å²) in [5, 5.41) is 0. The number of aromatic nitrogens is 1. The Hall–Kier alpha value is -1.62. The van der Waals surface area contributed by atoms with Gasteiger partial charge in [-0.25, -0.2) is 9.37 Å². The zero-order valence-electron chi connectivity index (χ0n) is 10.6. The van der Waals surface area contributed by atoms with Gasteiger partial charge in [0.15, 0.2) is 5.75 Å². The molecule has 0 fully saturated rings. The number of benzene rings is 1. The quantitative estimate of drug-likeness (QED) is 0.825. The van der Waals surface area contributed by atoms with Gasteiger partial charge in [0, 0.05) is 16.7 Å². The second-order valence-electron chi connectivity index (χ2n) is 4.18. The van der Waals surface area contributed by atoms with Crippen molar-refractivity contribution >= 4 is 15.9 Å². The zero-order valence-corrected chi connectivity index (χ0v) is 12.1. The molecule has 2 rings (SSSR count). The molecule has 0 radical (unpaired) electrons. The van der Waals surface area contributed by atoms with E-state index in [0.29, 0.717) is 21.9 Å². The van der Waals surface area contributed by atoms with Gasteiger partial charge in [-0.05, 0) is 38.1 Å². The van der Waals surface area contributed by atoms with Crippen LogP contribution in [0.4, 0.5) is 4.39 Å². The Morgan fingerprint density at radius 2 is 2.05 bits per heavy atom. The van der Waals surface area contributed by atoms with E-state index in [2.05, 4.69) is 20.9 Å². The Balaban J connectivity index is 2.27. The molecule has 0 N–H and O–H groups in total. The van der Waals surface area contributed by atoms with Crippen LogP contribution in [0.15, 0.2) is 41.0 Å². The number of pyridine rings is 1. The summed E-state index contributed by atoms with van der Waals surface area (Å²) in [5.74, 6) is 0.817. The number of nitrogens with zero attached hydrogens (tertiary/aromatic N) is 1. The third kappa shape index (κ3) is 3.92. The molecule has 1 aromatic heterocycles. The van der Waals surface area contributed by atoms with Crippen LogP contribution < -0.4 is 9.47 Å². The van der Waals surface area contributed by atoms with Crippen molar-refractivity contribution < 1.29 is 13.9 Å². The van der Waals surface area contributed by atoms with Crippen molar-refractivity contribution in [2.24, 2.45) is 0 Å². The maximum atomic E-state index is 13.3. The highest BCUT2D eigenvalue weighted by atomic mass is 79.9.